The summed E-state index contributed by atoms with van der Waals surface area (Å²) in [7, 11) is 3.16. The van der Waals surface area contributed by atoms with E-state index in [2.05, 4.69) is 71.8 Å². The number of nitrogens with zero attached hydrogens (tertiary/aromatic N) is 9. The maximum absolute atomic E-state index is 5.48. The number of aliphatic imine (C=N–C) groups is 2. The van der Waals surface area contributed by atoms with Gasteiger partial charge in [-0.1, -0.05) is 19.6 Å². The van der Waals surface area contributed by atoms with Crippen molar-refractivity contribution in [2.75, 3.05) is 27.4 Å². The fraction of sp³-hybridized carbons (Fsp3) is 0.243. The Balaban J connectivity index is 0.000000180. The Morgan fingerprint density at radius 1 is 0.759 bits per heavy atom. The lowest BCUT2D eigenvalue weighted by Gasteiger charge is -2.21. The lowest BCUT2D eigenvalue weighted by molar-refractivity contribution is 0.0612. The van der Waals surface area contributed by atoms with Crippen LogP contribution in [0.15, 0.2) is 113 Å². The summed E-state index contributed by atoms with van der Waals surface area (Å²) in [5, 5.41) is 0. The lowest BCUT2D eigenvalue weighted by Crippen LogP contribution is -2.33. The molecule has 0 amide bonds. The molecule has 8 heterocycles. The zero-order valence-corrected chi connectivity index (χ0v) is 30.9. The topological polar surface area (TPSA) is 184 Å². The van der Waals surface area contributed by atoms with E-state index < -0.39 is 0 Å². The van der Waals surface area contributed by atoms with Crippen molar-refractivity contribution in [2.45, 2.75) is 33.4 Å². The van der Waals surface area contributed by atoms with Gasteiger partial charge in [0.25, 0.3) is 0 Å². The molecule has 0 saturated heterocycles. The Hall–Kier alpha value is -6.04. The van der Waals surface area contributed by atoms with Crippen LogP contribution in [0.2, 0.25) is 0 Å². The van der Waals surface area contributed by atoms with Crippen LogP contribution in [0, 0.1) is 13.8 Å². The van der Waals surface area contributed by atoms with Crippen molar-refractivity contribution in [3.8, 4) is 17.4 Å². The largest absolute Gasteiger partial charge is 0.480 e. The Labute approximate surface area is 321 Å². The van der Waals surface area contributed by atoms with E-state index in [4.69, 9.17) is 19.1 Å². The lowest BCUT2D eigenvalue weighted by atomic mass is 10.2. The van der Waals surface area contributed by atoms with Gasteiger partial charge in [0, 0.05) is 30.5 Å². The average molecular weight is 798 g/mol. The standard InChI is InChI=1S/C18H18N6O2.C14H13BrN4O2.C4H6N2.CH4/c1-12-9-24(11-20-12)16-7-6-14(22-18(16)25-2)17-21-15(10-26-23-17)13-5-3-4-8-19-13;1-20-14-9(15)5-6-11(18-14)13-17-12(8-21-19-13)10-4-2-3-7-16-10;1-4-2-5-3-6-4;/h3-9,11,15H,10H2,1-2H3,(H,21,23);2-7,12H,8H2,1H3,(H,17,19);2-3H,1H3,(H,5,6);1H4. The van der Waals surface area contributed by atoms with Crippen LogP contribution in [0.5, 0.6) is 11.8 Å². The molecular weight excluding hydrogens is 756 g/mol. The van der Waals surface area contributed by atoms with E-state index >= 15 is 0 Å². The van der Waals surface area contributed by atoms with Crippen molar-refractivity contribution in [1.82, 2.24) is 50.4 Å². The Morgan fingerprint density at radius 2 is 1.35 bits per heavy atom. The number of hydrogen-bond acceptors (Lipinski definition) is 14. The van der Waals surface area contributed by atoms with E-state index in [9.17, 15) is 0 Å². The number of aromatic nitrogens is 8. The molecule has 2 aliphatic heterocycles. The predicted octanol–water partition coefficient (Wildman–Crippen LogP) is 5.63. The molecule has 16 nitrogen and oxygen atoms in total. The number of nitrogens with one attached hydrogen (secondary N) is 3. The van der Waals surface area contributed by atoms with E-state index in [1.165, 1.54) is 0 Å². The first kappa shape index (κ1) is 39.2. The average Bonchev–Trinajstić information content (AvgIpc) is 3.89. The number of hydrogen-bond donors (Lipinski definition) is 3. The first-order chi connectivity index (χ1) is 25.9. The number of ether oxygens (including phenoxy) is 2. The number of methoxy groups -OCH3 is 2. The van der Waals surface area contributed by atoms with Crippen LogP contribution in [0.25, 0.3) is 5.69 Å². The van der Waals surface area contributed by atoms with Crippen molar-refractivity contribution in [3.05, 3.63) is 137 Å². The van der Waals surface area contributed by atoms with Gasteiger partial charge in [0.2, 0.25) is 11.8 Å². The van der Waals surface area contributed by atoms with Gasteiger partial charge >= 0.3 is 0 Å². The molecule has 2 unspecified atom stereocenters. The third-order valence-electron chi connectivity index (χ3n) is 7.60. The molecule has 0 fully saturated rings. The molecular formula is C37H41BrN12O4. The van der Waals surface area contributed by atoms with Gasteiger partial charge in [-0.3, -0.25) is 29.6 Å². The molecule has 0 bridgehead atoms. The van der Waals surface area contributed by atoms with Crippen molar-refractivity contribution in [1.29, 1.82) is 0 Å². The maximum atomic E-state index is 5.48. The highest BCUT2D eigenvalue weighted by atomic mass is 79.9. The third-order valence-corrected chi connectivity index (χ3v) is 8.20. The minimum atomic E-state index is -0.184. The van der Waals surface area contributed by atoms with Gasteiger partial charge in [0.05, 0.1) is 48.4 Å². The second kappa shape index (κ2) is 19.2. The summed E-state index contributed by atoms with van der Waals surface area (Å²) in [5.41, 5.74) is 11.4. The molecule has 6 aromatic rings. The van der Waals surface area contributed by atoms with Gasteiger partial charge in [-0.15, -0.1) is 0 Å². The fourth-order valence-electron chi connectivity index (χ4n) is 4.99. The summed E-state index contributed by atoms with van der Waals surface area (Å²) in [4.78, 5) is 48.7. The molecule has 8 rings (SSSR count). The van der Waals surface area contributed by atoms with Gasteiger partial charge in [-0.05, 0) is 78.3 Å². The molecule has 0 spiro atoms. The van der Waals surface area contributed by atoms with E-state index in [-0.39, 0.29) is 19.5 Å². The molecule has 54 heavy (non-hydrogen) atoms. The van der Waals surface area contributed by atoms with Crippen molar-refractivity contribution < 1.29 is 19.1 Å². The Kier molecular flexibility index (Phi) is 13.9. The van der Waals surface area contributed by atoms with E-state index in [1.54, 1.807) is 45.5 Å². The molecule has 0 radical (unpaired) electrons. The highest BCUT2D eigenvalue weighted by molar-refractivity contribution is 9.10. The quantitative estimate of drug-likeness (QED) is 0.181. The van der Waals surface area contributed by atoms with Crippen LogP contribution in [-0.4, -0.2) is 78.6 Å². The summed E-state index contributed by atoms with van der Waals surface area (Å²) in [6.45, 7) is 4.73. The Bertz CT molecular complexity index is 2130. The number of pyridine rings is 4. The smallest absolute Gasteiger partial charge is 0.238 e. The van der Waals surface area contributed by atoms with Crippen molar-refractivity contribution in [3.63, 3.8) is 0 Å². The second-order valence-electron chi connectivity index (χ2n) is 11.4. The summed E-state index contributed by atoms with van der Waals surface area (Å²) < 4.78 is 13.3. The summed E-state index contributed by atoms with van der Waals surface area (Å²) >= 11 is 3.37. The summed E-state index contributed by atoms with van der Waals surface area (Å²) in [5.74, 6) is 2.07. The predicted molar refractivity (Wildman–Crippen MR) is 206 cm³/mol. The number of halogens is 1. The van der Waals surface area contributed by atoms with E-state index in [0.717, 1.165) is 32.9 Å². The highest BCUT2D eigenvalue weighted by Gasteiger charge is 2.22. The minimum absolute atomic E-state index is 0. The molecule has 6 aromatic heterocycles. The first-order valence-electron chi connectivity index (χ1n) is 16.4. The number of H-pyrrole nitrogens is 1. The van der Waals surface area contributed by atoms with E-state index in [1.807, 2.05) is 85.3 Å². The monoisotopic (exact) mass is 796 g/mol. The molecule has 280 valence electrons. The number of amidine groups is 2. The van der Waals surface area contributed by atoms with Crippen molar-refractivity contribution >= 4 is 27.6 Å². The third kappa shape index (κ3) is 10.1. The Morgan fingerprint density at radius 3 is 1.81 bits per heavy atom. The second-order valence-corrected chi connectivity index (χ2v) is 12.2. The number of hydroxylamine groups is 2. The van der Waals surface area contributed by atoms with Crippen LogP contribution >= 0.6 is 15.9 Å². The maximum Gasteiger partial charge on any atom is 0.238 e. The number of aryl methyl sites for hydroxylation is 2. The van der Waals surface area contributed by atoms with Gasteiger partial charge in [-0.2, -0.15) is 0 Å². The molecule has 0 saturated carbocycles. The first-order valence-corrected chi connectivity index (χ1v) is 17.2. The minimum Gasteiger partial charge on any atom is -0.480 e. The number of imidazole rings is 2. The summed E-state index contributed by atoms with van der Waals surface area (Å²) in [6, 6.07) is 18.6. The van der Waals surface area contributed by atoms with Gasteiger partial charge < -0.3 is 19.0 Å². The van der Waals surface area contributed by atoms with Gasteiger partial charge in [0.1, 0.15) is 42.4 Å². The number of rotatable bonds is 7. The van der Waals surface area contributed by atoms with Crippen LogP contribution in [0.4, 0.5) is 0 Å². The SMILES string of the molecule is C.COc1nc(C2=NC(c3ccccn3)CON2)ccc1-n1cnc(C)c1.COc1nc(C2=NC(c3ccccn3)CON2)ccc1Br.Cc1cnc[nH]1. The summed E-state index contributed by atoms with van der Waals surface area (Å²) in [6.07, 6.45) is 10.6. The molecule has 2 atom stereocenters. The van der Waals surface area contributed by atoms with Crippen LogP contribution in [0.1, 0.15) is 53.7 Å². The molecule has 3 N–H and O–H groups in total. The van der Waals surface area contributed by atoms with E-state index in [0.29, 0.717) is 48.0 Å². The zero-order chi connectivity index (χ0) is 37.0. The molecule has 2 aliphatic rings. The van der Waals surface area contributed by atoms with Crippen LogP contribution in [0.3, 0.4) is 0 Å². The zero-order valence-electron chi connectivity index (χ0n) is 29.3. The van der Waals surface area contributed by atoms with Gasteiger partial charge in [-0.25, -0.2) is 30.9 Å². The molecule has 0 aliphatic carbocycles. The van der Waals surface area contributed by atoms with Crippen LogP contribution < -0.4 is 20.4 Å². The highest BCUT2D eigenvalue weighted by Crippen LogP contribution is 2.25. The fourth-order valence-corrected chi connectivity index (χ4v) is 5.37. The number of aromatic amines is 1. The van der Waals surface area contributed by atoms with Crippen molar-refractivity contribution in [2.24, 2.45) is 9.98 Å². The van der Waals surface area contributed by atoms with Gasteiger partial charge in [0.15, 0.2) is 11.7 Å². The molecule has 0 aromatic carbocycles. The van der Waals surface area contributed by atoms with Crippen LogP contribution in [-0.2, 0) is 9.68 Å². The normalized spacial score (nSPS) is 15.9. The molecule has 17 heteroatoms.